The number of aromatic nitrogens is 2. The predicted octanol–water partition coefficient (Wildman–Crippen LogP) is 4.08. The van der Waals surface area contributed by atoms with E-state index in [0.717, 1.165) is 24.5 Å². The molecule has 3 aromatic rings. The standard InChI is InChI=1S/C21H22N4OS/c1-2-26-18-7-5-17(6-8-18)23-21(27)25-15-14-24-13-3-4-19(24)20(25)16-9-11-22-12-10-16/h3-13,20H,2,14-15H2,1H3,(H,23,27)/t20-/m0/s1. The average molecular weight is 379 g/mol. The topological polar surface area (TPSA) is 42.3 Å². The number of rotatable bonds is 4. The van der Waals surface area contributed by atoms with E-state index in [1.165, 1.54) is 11.3 Å². The number of ether oxygens (including phenoxy) is 1. The lowest BCUT2D eigenvalue weighted by Crippen LogP contribution is -2.44. The molecule has 27 heavy (non-hydrogen) atoms. The molecule has 0 spiro atoms. The van der Waals surface area contributed by atoms with Crippen LogP contribution < -0.4 is 10.1 Å². The molecule has 0 radical (unpaired) electrons. The summed E-state index contributed by atoms with van der Waals surface area (Å²) in [6.45, 7) is 4.39. The normalized spacial score (nSPS) is 15.9. The molecule has 1 aliphatic rings. The fourth-order valence-corrected chi connectivity index (χ4v) is 3.81. The first-order valence-electron chi connectivity index (χ1n) is 9.11. The van der Waals surface area contributed by atoms with Crippen LogP contribution in [0.3, 0.4) is 0 Å². The Morgan fingerprint density at radius 1 is 1.15 bits per heavy atom. The van der Waals surface area contributed by atoms with Gasteiger partial charge in [-0.1, -0.05) is 0 Å². The number of hydrogen-bond acceptors (Lipinski definition) is 3. The summed E-state index contributed by atoms with van der Waals surface area (Å²) >= 11 is 5.78. The van der Waals surface area contributed by atoms with E-state index in [0.29, 0.717) is 11.7 Å². The van der Waals surface area contributed by atoms with Crippen LogP contribution in [0, 0.1) is 0 Å². The van der Waals surface area contributed by atoms with Crippen molar-refractivity contribution in [2.75, 3.05) is 18.5 Å². The van der Waals surface area contributed by atoms with Crippen LogP contribution in [0.4, 0.5) is 5.69 Å². The molecule has 0 amide bonds. The Hall–Kier alpha value is -2.86. The highest BCUT2D eigenvalue weighted by molar-refractivity contribution is 7.80. The Morgan fingerprint density at radius 3 is 2.67 bits per heavy atom. The van der Waals surface area contributed by atoms with E-state index in [-0.39, 0.29) is 6.04 Å². The zero-order valence-corrected chi connectivity index (χ0v) is 16.0. The van der Waals surface area contributed by atoms with E-state index in [2.05, 4.69) is 50.2 Å². The van der Waals surface area contributed by atoms with Gasteiger partial charge in [-0.3, -0.25) is 4.98 Å². The second-order valence-electron chi connectivity index (χ2n) is 6.39. The first-order chi connectivity index (χ1) is 13.3. The highest BCUT2D eigenvalue weighted by Gasteiger charge is 2.30. The Bertz CT molecular complexity index is 907. The predicted molar refractivity (Wildman–Crippen MR) is 111 cm³/mol. The lowest BCUT2D eigenvalue weighted by molar-refractivity contribution is 0.293. The first-order valence-corrected chi connectivity index (χ1v) is 9.52. The Morgan fingerprint density at radius 2 is 1.93 bits per heavy atom. The summed E-state index contributed by atoms with van der Waals surface area (Å²) in [5.41, 5.74) is 3.38. The summed E-state index contributed by atoms with van der Waals surface area (Å²) in [6, 6.07) is 16.3. The van der Waals surface area contributed by atoms with Gasteiger partial charge < -0.3 is 19.5 Å². The van der Waals surface area contributed by atoms with Crippen molar-refractivity contribution in [3.8, 4) is 5.75 Å². The van der Waals surface area contributed by atoms with E-state index in [4.69, 9.17) is 17.0 Å². The molecule has 0 aliphatic carbocycles. The van der Waals surface area contributed by atoms with Crippen molar-refractivity contribution in [1.82, 2.24) is 14.5 Å². The number of nitrogens with zero attached hydrogens (tertiary/aromatic N) is 3. The highest BCUT2D eigenvalue weighted by atomic mass is 32.1. The van der Waals surface area contributed by atoms with Gasteiger partial charge in [-0.25, -0.2) is 0 Å². The van der Waals surface area contributed by atoms with Crippen LogP contribution in [-0.2, 0) is 6.54 Å². The SMILES string of the molecule is CCOc1ccc(NC(=S)N2CCn3cccc3[C@@H]2c2ccncc2)cc1. The Kier molecular flexibility index (Phi) is 5.07. The quantitative estimate of drug-likeness (QED) is 0.693. The van der Waals surface area contributed by atoms with Gasteiger partial charge in [-0.05, 0) is 73.2 Å². The smallest absolute Gasteiger partial charge is 0.174 e. The minimum absolute atomic E-state index is 0.0689. The second-order valence-corrected chi connectivity index (χ2v) is 6.78. The maximum atomic E-state index is 5.78. The summed E-state index contributed by atoms with van der Waals surface area (Å²) in [4.78, 5) is 6.41. The lowest BCUT2D eigenvalue weighted by atomic mass is 10.0. The fourth-order valence-electron chi connectivity index (χ4n) is 3.50. The molecule has 3 heterocycles. The maximum absolute atomic E-state index is 5.78. The third kappa shape index (κ3) is 3.66. The van der Waals surface area contributed by atoms with Crippen LogP contribution in [0.25, 0.3) is 0 Å². The molecule has 1 atom stereocenters. The number of anilines is 1. The Labute approximate surface area is 164 Å². The van der Waals surface area contributed by atoms with Crippen molar-refractivity contribution in [2.45, 2.75) is 19.5 Å². The van der Waals surface area contributed by atoms with Gasteiger partial charge in [-0.2, -0.15) is 0 Å². The van der Waals surface area contributed by atoms with E-state index in [1.54, 1.807) is 0 Å². The number of benzene rings is 1. The van der Waals surface area contributed by atoms with Crippen LogP contribution >= 0.6 is 12.2 Å². The van der Waals surface area contributed by atoms with Crippen molar-refractivity contribution in [1.29, 1.82) is 0 Å². The Balaban J connectivity index is 1.58. The van der Waals surface area contributed by atoms with Gasteiger partial charge in [0.2, 0.25) is 0 Å². The van der Waals surface area contributed by atoms with Crippen LogP contribution in [0.2, 0.25) is 0 Å². The van der Waals surface area contributed by atoms with Crippen molar-refractivity contribution in [3.63, 3.8) is 0 Å². The van der Waals surface area contributed by atoms with Gasteiger partial charge in [0.25, 0.3) is 0 Å². The number of pyridine rings is 1. The third-order valence-electron chi connectivity index (χ3n) is 4.74. The molecule has 0 unspecified atom stereocenters. The second kappa shape index (κ2) is 7.80. The monoisotopic (exact) mass is 378 g/mol. The first kappa shape index (κ1) is 17.5. The van der Waals surface area contributed by atoms with Gasteiger partial charge in [0.1, 0.15) is 5.75 Å². The zero-order chi connectivity index (χ0) is 18.6. The summed E-state index contributed by atoms with van der Waals surface area (Å²) in [5, 5.41) is 4.10. The van der Waals surface area contributed by atoms with Gasteiger partial charge >= 0.3 is 0 Å². The van der Waals surface area contributed by atoms with Crippen LogP contribution in [0.1, 0.15) is 24.2 Å². The molecule has 0 saturated carbocycles. The minimum atomic E-state index is 0.0689. The molecule has 1 aliphatic heterocycles. The molecule has 138 valence electrons. The molecule has 0 saturated heterocycles. The average Bonchev–Trinajstić information content (AvgIpc) is 3.18. The third-order valence-corrected chi connectivity index (χ3v) is 5.07. The molecular weight excluding hydrogens is 356 g/mol. The van der Waals surface area contributed by atoms with Gasteiger partial charge in [0, 0.05) is 43.1 Å². The van der Waals surface area contributed by atoms with E-state index >= 15 is 0 Å². The largest absolute Gasteiger partial charge is 0.494 e. The van der Waals surface area contributed by atoms with Gasteiger partial charge in [0.05, 0.1) is 12.6 Å². The van der Waals surface area contributed by atoms with Gasteiger partial charge in [-0.15, -0.1) is 0 Å². The summed E-state index contributed by atoms with van der Waals surface area (Å²) in [6.07, 6.45) is 5.79. The molecule has 1 N–H and O–H groups in total. The van der Waals surface area contributed by atoms with Crippen molar-refractivity contribution in [2.24, 2.45) is 0 Å². The summed E-state index contributed by atoms with van der Waals surface area (Å²) < 4.78 is 7.80. The summed E-state index contributed by atoms with van der Waals surface area (Å²) in [7, 11) is 0. The highest BCUT2D eigenvalue weighted by Crippen LogP contribution is 2.32. The maximum Gasteiger partial charge on any atom is 0.174 e. The molecule has 4 rings (SSSR count). The number of nitrogens with one attached hydrogen (secondary N) is 1. The number of hydrogen-bond donors (Lipinski definition) is 1. The zero-order valence-electron chi connectivity index (χ0n) is 15.2. The number of thiocarbonyl (C=S) groups is 1. The van der Waals surface area contributed by atoms with Crippen molar-refractivity contribution >= 4 is 23.0 Å². The van der Waals surface area contributed by atoms with Crippen molar-refractivity contribution < 1.29 is 4.74 Å². The number of fused-ring (bicyclic) bond motifs is 1. The van der Waals surface area contributed by atoms with Gasteiger partial charge in [0.15, 0.2) is 5.11 Å². The molecule has 0 bridgehead atoms. The molecule has 0 fully saturated rings. The molecule has 6 heteroatoms. The minimum Gasteiger partial charge on any atom is -0.494 e. The molecular formula is C21H22N4OS. The molecule has 2 aromatic heterocycles. The summed E-state index contributed by atoms with van der Waals surface area (Å²) in [5.74, 6) is 0.861. The van der Waals surface area contributed by atoms with Crippen LogP contribution in [0.5, 0.6) is 5.75 Å². The van der Waals surface area contributed by atoms with E-state index in [9.17, 15) is 0 Å². The van der Waals surface area contributed by atoms with Crippen molar-refractivity contribution in [3.05, 3.63) is 78.4 Å². The van der Waals surface area contributed by atoms with Crippen LogP contribution in [-0.4, -0.2) is 32.7 Å². The van der Waals surface area contributed by atoms with E-state index < -0.39 is 0 Å². The van der Waals surface area contributed by atoms with Crippen LogP contribution in [0.15, 0.2) is 67.1 Å². The lowest BCUT2D eigenvalue weighted by Gasteiger charge is -2.39. The fraction of sp³-hybridized carbons (Fsp3) is 0.238. The molecule has 5 nitrogen and oxygen atoms in total. The van der Waals surface area contributed by atoms with E-state index in [1.807, 2.05) is 43.6 Å². The molecule has 1 aromatic carbocycles.